The third-order valence-electron chi connectivity index (χ3n) is 0. The van der Waals surface area contributed by atoms with Crippen LogP contribution in [0, 0.1) is 0 Å². The Morgan fingerprint density at radius 2 is 1.20 bits per heavy atom. The number of hydrogen-bond donors (Lipinski definition) is 0. The molecule has 2 heteroatoms. The van der Waals surface area contributed by atoms with Gasteiger partial charge in [-0.25, -0.2) is 0 Å². The van der Waals surface area contributed by atoms with Gasteiger partial charge in [-0.05, 0) is 0 Å². The van der Waals surface area contributed by atoms with Crippen LogP contribution < -0.4 is 0 Å². The van der Waals surface area contributed by atoms with Gasteiger partial charge in [0, 0.05) is 37.2 Å². The topological polar surface area (TPSA) is 0 Å². The largest absolute Gasteiger partial charge is 0.0656 e. The third kappa shape index (κ3) is 30.7. The molecule has 0 aliphatic heterocycles. The molecule has 0 unspecified atom stereocenters. The molecule has 0 heterocycles. The Morgan fingerprint density at radius 3 is 1.20 bits per heavy atom. The van der Waals surface area contributed by atoms with E-state index in [1.54, 1.807) is 0 Å². The summed E-state index contributed by atoms with van der Waals surface area (Å²) in [4.78, 5) is 0. The maximum atomic E-state index is 2.12. The zero-order chi connectivity index (χ0) is 4.71. The van der Waals surface area contributed by atoms with E-state index < -0.39 is 0 Å². The molecule has 0 bridgehead atoms. The summed E-state index contributed by atoms with van der Waals surface area (Å²) in [6.07, 6.45) is 1.25. The first-order valence-corrected chi connectivity index (χ1v) is 7.84. The molecule has 0 aliphatic rings. The van der Waals surface area contributed by atoms with E-state index in [1.165, 1.54) is 6.42 Å². The molecule has 5 heavy (non-hydrogen) atoms. The summed E-state index contributed by atoms with van der Waals surface area (Å²) in [6.45, 7) is 4.25. The van der Waals surface area contributed by atoms with Gasteiger partial charge in [0.25, 0.3) is 0 Å². The summed E-state index contributed by atoms with van der Waals surface area (Å²) >= 11 is 4.24. The van der Waals surface area contributed by atoms with Crippen molar-refractivity contribution in [1.29, 1.82) is 0 Å². The minimum Gasteiger partial charge on any atom is -0.0656 e. The predicted molar refractivity (Wildman–Crippen MR) is 44.0 cm³/mol. The van der Waals surface area contributed by atoms with Gasteiger partial charge in [0.1, 0.15) is 0 Å². The van der Waals surface area contributed by atoms with E-state index in [0.717, 1.165) is 0 Å². The molecule has 0 nitrogen and oxygen atoms in total. The first kappa shape index (κ1) is 9.68. The molecule has 0 aromatic heterocycles. The van der Waals surface area contributed by atoms with Gasteiger partial charge < -0.3 is 0 Å². The van der Waals surface area contributed by atoms with Gasteiger partial charge in [0.2, 0.25) is 0 Å². The molecule has 0 aromatic rings. The summed E-state index contributed by atoms with van der Waals surface area (Å²) in [5, 5.41) is 0. The molecule has 0 N–H and O–H groups in total. The van der Waals surface area contributed by atoms with Gasteiger partial charge in [-0.2, -0.15) is 0 Å². The number of halogens is 2. The molecular weight excluding hydrogens is 290 g/mol. The van der Waals surface area contributed by atoms with E-state index in [2.05, 4.69) is 51.1 Å². The standard InChI is InChI=1S/C3H8.I2/c1-3-2;1-2/h3H2,1-2H3;. The number of hydrogen-bond acceptors (Lipinski definition) is 0. The van der Waals surface area contributed by atoms with Crippen molar-refractivity contribution >= 4 is 37.2 Å². The zero-order valence-corrected chi connectivity index (χ0v) is 7.78. The maximum Gasteiger partial charge on any atom is 0 e. The molecule has 0 fully saturated rings. The van der Waals surface area contributed by atoms with Crippen LogP contribution in [-0.2, 0) is 0 Å². The first-order chi connectivity index (χ1) is 2.41. The van der Waals surface area contributed by atoms with E-state index in [0.29, 0.717) is 0 Å². The second-order valence-corrected chi connectivity index (χ2v) is 0.707. The average molecular weight is 298 g/mol. The Hall–Kier alpha value is 1.46. The maximum absolute atomic E-state index is 2.12. The molecule has 0 aliphatic carbocycles. The lowest BCUT2D eigenvalue weighted by molar-refractivity contribution is 1.09. The minimum absolute atomic E-state index is 1.25. The van der Waals surface area contributed by atoms with Gasteiger partial charge in [0.15, 0.2) is 0 Å². The van der Waals surface area contributed by atoms with Crippen LogP contribution in [0.4, 0.5) is 0 Å². The molecule has 0 radical (unpaired) electrons. The second-order valence-electron chi connectivity index (χ2n) is 0.707. The highest BCUT2D eigenvalue weighted by Gasteiger charge is 1.35. The van der Waals surface area contributed by atoms with Crippen LogP contribution in [0.3, 0.4) is 0 Å². The molecule has 0 atom stereocenters. The zero-order valence-electron chi connectivity index (χ0n) is 3.46. The summed E-state index contributed by atoms with van der Waals surface area (Å²) in [7, 11) is 0. The Balaban J connectivity index is 0. The van der Waals surface area contributed by atoms with Crippen molar-refractivity contribution in [1.82, 2.24) is 0 Å². The van der Waals surface area contributed by atoms with Crippen molar-refractivity contribution in [2.24, 2.45) is 0 Å². The molecular formula is C3H8I2. The molecule has 0 saturated heterocycles. The fourth-order valence-corrected chi connectivity index (χ4v) is 0. The van der Waals surface area contributed by atoms with E-state index in [-0.39, 0.29) is 0 Å². The minimum atomic E-state index is 1.25. The normalized spacial score (nSPS) is 4.80. The van der Waals surface area contributed by atoms with E-state index in [4.69, 9.17) is 0 Å². The van der Waals surface area contributed by atoms with Gasteiger partial charge in [-0.3, -0.25) is 0 Å². The van der Waals surface area contributed by atoms with Crippen molar-refractivity contribution in [3.8, 4) is 0 Å². The summed E-state index contributed by atoms with van der Waals surface area (Å²) in [6, 6.07) is 0. The SMILES string of the molecule is CCC.II. The quantitative estimate of drug-likeness (QED) is 0.603. The molecule has 0 aromatic carbocycles. The van der Waals surface area contributed by atoms with Crippen molar-refractivity contribution in [2.45, 2.75) is 20.3 Å². The van der Waals surface area contributed by atoms with Gasteiger partial charge >= 0.3 is 0 Å². The van der Waals surface area contributed by atoms with E-state index in [9.17, 15) is 0 Å². The number of rotatable bonds is 0. The van der Waals surface area contributed by atoms with Crippen molar-refractivity contribution in [3.05, 3.63) is 0 Å². The average Bonchev–Trinajstić information content (AvgIpc) is 1.46. The Labute approximate surface area is 57.0 Å². The van der Waals surface area contributed by atoms with Crippen molar-refractivity contribution in [3.63, 3.8) is 0 Å². The summed E-state index contributed by atoms with van der Waals surface area (Å²) in [5.74, 6) is 0. The van der Waals surface area contributed by atoms with Crippen LogP contribution in [0.15, 0.2) is 0 Å². The van der Waals surface area contributed by atoms with Crippen LogP contribution in [0.25, 0.3) is 0 Å². The van der Waals surface area contributed by atoms with Crippen LogP contribution >= 0.6 is 37.2 Å². The lowest BCUT2D eigenvalue weighted by Crippen LogP contribution is -1.27. The Bertz CT molecular complexity index is 4.85. The van der Waals surface area contributed by atoms with Crippen LogP contribution in [0.2, 0.25) is 0 Å². The second kappa shape index (κ2) is 17.9. The smallest absolute Gasteiger partial charge is 0 e. The summed E-state index contributed by atoms with van der Waals surface area (Å²) < 4.78 is 0. The highest BCUT2D eigenvalue weighted by atomic mass is 128. The predicted octanol–water partition coefficient (Wildman–Crippen LogP) is 3.19. The fraction of sp³-hybridized carbons (Fsp3) is 1.00. The van der Waals surface area contributed by atoms with Gasteiger partial charge in [-0.15, -0.1) is 0 Å². The molecule has 0 amide bonds. The lowest BCUT2D eigenvalue weighted by atomic mass is 10.6. The molecule has 0 saturated carbocycles. The lowest BCUT2D eigenvalue weighted by Gasteiger charge is -1.48. The molecule has 0 spiro atoms. The molecule has 34 valence electrons. The van der Waals surface area contributed by atoms with Crippen LogP contribution in [-0.4, -0.2) is 0 Å². The first-order valence-electron chi connectivity index (χ1n) is 1.56. The monoisotopic (exact) mass is 298 g/mol. The fourth-order valence-electron chi connectivity index (χ4n) is 0. The van der Waals surface area contributed by atoms with Crippen LogP contribution in [0.5, 0.6) is 0 Å². The molecule has 0 rings (SSSR count). The third-order valence-corrected chi connectivity index (χ3v) is 0. The Morgan fingerprint density at radius 1 is 1.20 bits per heavy atom. The highest BCUT2D eigenvalue weighted by molar-refractivity contribution is 15.0. The summed E-state index contributed by atoms with van der Waals surface area (Å²) in [5.41, 5.74) is 0. The van der Waals surface area contributed by atoms with Gasteiger partial charge in [-0.1, -0.05) is 20.3 Å². The highest BCUT2D eigenvalue weighted by Crippen LogP contribution is 1.89. The Kier molecular flexibility index (Phi) is 34.8. The van der Waals surface area contributed by atoms with Crippen molar-refractivity contribution < 1.29 is 0 Å². The van der Waals surface area contributed by atoms with E-state index in [1.807, 2.05) is 0 Å². The van der Waals surface area contributed by atoms with Crippen LogP contribution in [0.1, 0.15) is 20.3 Å². The van der Waals surface area contributed by atoms with E-state index >= 15 is 0 Å². The van der Waals surface area contributed by atoms with Crippen molar-refractivity contribution in [2.75, 3.05) is 0 Å². The van der Waals surface area contributed by atoms with Gasteiger partial charge in [0.05, 0.1) is 0 Å².